The predicted octanol–water partition coefficient (Wildman–Crippen LogP) is 5.03. The van der Waals surface area contributed by atoms with E-state index in [-0.39, 0.29) is 34.5 Å². The molecule has 0 saturated carbocycles. The number of hydrogen-bond acceptors (Lipinski definition) is 9. The first-order valence-corrected chi connectivity index (χ1v) is 9.63. The van der Waals surface area contributed by atoms with E-state index in [0.29, 0.717) is 0 Å². The highest BCUT2D eigenvalue weighted by Crippen LogP contribution is 2.48. The molecule has 3 aromatic carbocycles. The van der Waals surface area contributed by atoms with Crippen molar-refractivity contribution in [2.75, 3.05) is 0 Å². The van der Waals surface area contributed by atoms with Crippen LogP contribution in [0.2, 0.25) is 0 Å². The van der Waals surface area contributed by atoms with Gasteiger partial charge in [-0.05, 0) is 36.4 Å². The van der Waals surface area contributed by atoms with E-state index >= 15 is 0 Å². The number of ether oxygens (including phenoxy) is 3. The maximum absolute atomic E-state index is 8.86. The first kappa shape index (κ1) is 21.1. The van der Waals surface area contributed by atoms with Crippen molar-refractivity contribution in [2.24, 2.45) is 0 Å². The Morgan fingerprint density at radius 2 is 0.710 bits per heavy atom. The van der Waals surface area contributed by atoms with Crippen LogP contribution in [-0.4, -0.2) is 0 Å². The minimum Gasteiger partial charge on any atom is -0.404 e. The normalized spacial score (nSPS) is 9.48. The second-order valence-electron chi connectivity index (χ2n) is 5.42. The van der Waals surface area contributed by atoms with Crippen LogP contribution < -0.4 is 27.8 Å². The maximum Gasteiger partial charge on any atom is 0.530 e. The van der Waals surface area contributed by atoms with Crippen molar-refractivity contribution < 1.29 is 27.8 Å². The Bertz CT molecular complexity index is 1020. The summed E-state index contributed by atoms with van der Waals surface area (Å²) in [5.74, 6) is 0.959. The van der Waals surface area contributed by atoms with Crippen LogP contribution in [0.4, 0.5) is 0 Å². The zero-order valence-corrected chi connectivity index (χ0v) is 16.6. The van der Waals surface area contributed by atoms with Gasteiger partial charge < -0.3 is 27.8 Å². The number of benzene rings is 3. The van der Waals surface area contributed by atoms with Gasteiger partial charge in [0.05, 0.1) is 0 Å². The average Bonchev–Trinajstić information content (AvgIpc) is 2.78. The van der Waals surface area contributed by atoms with Gasteiger partial charge in [-0.25, -0.2) is 0 Å². The average molecular weight is 433 g/mol. The molecule has 0 aliphatic rings. The number of para-hydroxylation sites is 6. The highest BCUT2D eigenvalue weighted by atomic mass is 31.2. The van der Waals surface area contributed by atoms with E-state index in [1.165, 1.54) is 18.2 Å². The van der Waals surface area contributed by atoms with Gasteiger partial charge >= 0.3 is 8.60 Å². The van der Waals surface area contributed by atoms with Gasteiger partial charge in [0.2, 0.25) is 0 Å². The van der Waals surface area contributed by atoms with Gasteiger partial charge in [-0.2, -0.15) is 0 Å². The molecule has 0 spiro atoms. The van der Waals surface area contributed by atoms with Crippen LogP contribution in [0.15, 0.2) is 72.8 Å². The van der Waals surface area contributed by atoms with E-state index in [4.69, 9.17) is 43.6 Å². The summed E-state index contributed by atoms with van der Waals surface area (Å²) in [5, 5.41) is 26.6. The molecular weight excluding hydrogens is 421 g/mol. The number of nitrogens with zero attached hydrogens (tertiary/aromatic N) is 3. The van der Waals surface area contributed by atoms with Crippen molar-refractivity contribution in [1.82, 2.24) is 0 Å². The largest absolute Gasteiger partial charge is 0.530 e. The second-order valence-corrected chi connectivity index (χ2v) is 6.41. The van der Waals surface area contributed by atoms with Crippen LogP contribution in [0.25, 0.3) is 0 Å². The Kier molecular flexibility index (Phi) is 7.33. The van der Waals surface area contributed by atoms with E-state index in [1.807, 2.05) is 0 Å². The summed E-state index contributed by atoms with van der Waals surface area (Å²) in [4.78, 5) is 0. The summed E-state index contributed by atoms with van der Waals surface area (Å²) >= 11 is 0. The Morgan fingerprint density at radius 1 is 0.452 bits per heavy atom. The minimum absolute atomic E-state index is 0.146. The summed E-state index contributed by atoms with van der Waals surface area (Å²) in [6, 6.07) is 19.3. The zero-order chi connectivity index (χ0) is 21.9. The molecule has 0 N–H and O–H groups in total. The molecule has 10 heteroatoms. The second kappa shape index (κ2) is 10.8. The van der Waals surface area contributed by atoms with Crippen LogP contribution in [0.3, 0.4) is 0 Å². The molecule has 0 aliphatic heterocycles. The van der Waals surface area contributed by atoms with Gasteiger partial charge in [-0.3, -0.25) is 0 Å². The highest BCUT2D eigenvalue weighted by molar-refractivity contribution is 7.43. The lowest BCUT2D eigenvalue weighted by Gasteiger charge is -2.19. The third kappa shape index (κ3) is 5.68. The van der Waals surface area contributed by atoms with Crippen molar-refractivity contribution in [2.45, 2.75) is 0 Å². The number of hydrogen-bond donors (Lipinski definition) is 0. The number of rotatable bonds is 9. The SMILES string of the molecule is N#COc1ccccc1OP(Oc1ccccc1OC#N)Oc1ccccc1OC#N. The molecule has 152 valence electrons. The Labute approximate surface area is 178 Å². The molecule has 3 aromatic rings. The van der Waals surface area contributed by atoms with E-state index in [0.717, 1.165) is 0 Å². The molecule has 0 aliphatic carbocycles. The topological polar surface area (TPSA) is 127 Å². The molecule has 0 fully saturated rings. The van der Waals surface area contributed by atoms with E-state index in [2.05, 4.69) is 0 Å². The lowest BCUT2D eigenvalue weighted by molar-refractivity contribution is 0.360. The summed E-state index contributed by atoms with van der Waals surface area (Å²) in [6.45, 7) is 0. The fraction of sp³-hybridized carbons (Fsp3) is 0. The van der Waals surface area contributed by atoms with Gasteiger partial charge in [0.15, 0.2) is 34.5 Å². The molecule has 0 atom stereocenters. The van der Waals surface area contributed by atoms with Gasteiger partial charge in [0.1, 0.15) is 0 Å². The lowest BCUT2D eigenvalue weighted by Crippen LogP contribution is -2.04. The van der Waals surface area contributed by atoms with Crippen LogP contribution in [0, 0.1) is 34.6 Å². The van der Waals surface area contributed by atoms with Crippen LogP contribution >= 0.6 is 8.60 Å². The predicted molar refractivity (Wildman–Crippen MR) is 107 cm³/mol. The summed E-state index contributed by atoms with van der Waals surface area (Å²) in [5.41, 5.74) is 0. The zero-order valence-electron chi connectivity index (χ0n) is 15.7. The molecule has 31 heavy (non-hydrogen) atoms. The van der Waals surface area contributed by atoms with Crippen molar-refractivity contribution in [3.63, 3.8) is 0 Å². The molecule has 0 heterocycles. The molecule has 0 aromatic heterocycles. The van der Waals surface area contributed by atoms with Crippen LogP contribution in [-0.2, 0) is 0 Å². The van der Waals surface area contributed by atoms with Crippen molar-refractivity contribution in [3.8, 4) is 53.3 Å². The van der Waals surface area contributed by atoms with E-state index in [1.54, 1.807) is 73.4 Å². The molecule has 0 bridgehead atoms. The van der Waals surface area contributed by atoms with E-state index < -0.39 is 8.60 Å². The smallest absolute Gasteiger partial charge is 0.404 e. The third-order valence-corrected chi connectivity index (χ3v) is 4.57. The fourth-order valence-corrected chi connectivity index (χ4v) is 3.32. The molecular formula is C21H12N3O6P. The molecule has 0 unspecified atom stereocenters. The summed E-state index contributed by atoms with van der Waals surface area (Å²) < 4.78 is 32.2. The quantitative estimate of drug-likeness (QED) is 0.337. The van der Waals surface area contributed by atoms with Crippen LogP contribution in [0.5, 0.6) is 34.5 Å². The van der Waals surface area contributed by atoms with E-state index in [9.17, 15) is 0 Å². The summed E-state index contributed by atoms with van der Waals surface area (Å²) in [6.07, 6.45) is 4.75. The maximum atomic E-state index is 8.86. The van der Waals surface area contributed by atoms with Crippen LogP contribution in [0.1, 0.15) is 0 Å². The molecule has 0 saturated heterocycles. The highest BCUT2D eigenvalue weighted by Gasteiger charge is 2.25. The molecule has 9 nitrogen and oxygen atoms in total. The number of nitriles is 3. The van der Waals surface area contributed by atoms with Gasteiger partial charge in [0.25, 0.3) is 18.8 Å². The molecule has 0 amide bonds. The Hall–Kier alpha value is -4.64. The summed E-state index contributed by atoms with van der Waals surface area (Å²) in [7, 11) is -2.24. The first-order chi connectivity index (χ1) is 15.2. The fourth-order valence-electron chi connectivity index (χ4n) is 2.27. The van der Waals surface area contributed by atoms with Gasteiger partial charge in [-0.15, -0.1) is 15.8 Å². The Morgan fingerprint density at radius 3 is 0.968 bits per heavy atom. The van der Waals surface area contributed by atoms with Crippen molar-refractivity contribution in [1.29, 1.82) is 15.8 Å². The third-order valence-electron chi connectivity index (χ3n) is 3.53. The Balaban J connectivity index is 1.94. The monoisotopic (exact) mass is 433 g/mol. The first-order valence-electron chi connectivity index (χ1n) is 8.54. The van der Waals surface area contributed by atoms with Crippen molar-refractivity contribution >= 4 is 8.60 Å². The van der Waals surface area contributed by atoms with Crippen molar-refractivity contribution in [3.05, 3.63) is 72.8 Å². The molecule has 3 rings (SSSR count). The standard InChI is InChI=1S/C21H12N3O6P/c22-13-25-16-7-1-4-10-19(16)28-31(29-20-11-5-2-8-17(20)26-14-23)30-21-12-6-3-9-18(21)27-15-24/h1-12H. The van der Waals surface area contributed by atoms with Gasteiger partial charge in [0, 0.05) is 0 Å². The molecule has 0 radical (unpaired) electrons. The minimum atomic E-state index is -2.24. The lowest BCUT2D eigenvalue weighted by atomic mass is 10.3. The van der Waals surface area contributed by atoms with Gasteiger partial charge in [-0.1, -0.05) is 36.4 Å².